The summed E-state index contributed by atoms with van der Waals surface area (Å²) in [6.45, 7) is 0. The van der Waals surface area contributed by atoms with Crippen LogP contribution in [-0.2, 0) is 6.18 Å². The number of halogens is 6. The van der Waals surface area contributed by atoms with E-state index < -0.39 is 27.7 Å². The smallest absolute Gasteiger partial charge is 0.328 e. The van der Waals surface area contributed by atoms with E-state index in [1.807, 2.05) is 4.98 Å². The summed E-state index contributed by atoms with van der Waals surface area (Å²) in [7, 11) is 0. The maximum absolute atomic E-state index is 12.6. The van der Waals surface area contributed by atoms with Crippen LogP contribution in [0.25, 0.3) is 5.69 Å². The van der Waals surface area contributed by atoms with E-state index in [4.69, 9.17) is 12.2 Å². The number of H-pyrrole nitrogens is 1. The van der Waals surface area contributed by atoms with Crippen LogP contribution in [0.4, 0.5) is 26.3 Å². The van der Waals surface area contributed by atoms with Crippen molar-refractivity contribution in [3.8, 4) is 5.69 Å². The Hall–Kier alpha value is -1.75. The predicted molar refractivity (Wildman–Crippen MR) is 74.1 cm³/mol. The van der Waals surface area contributed by atoms with Crippen molar-refractivity contribution in [1.29, 1.82) is 0 Å². The van der Waals surface area contributed by atoms with Gasteiger partial charge in [-0.05, 0) is 48.2 Å². The molecule has 2 rings (SSSR count). The van der Waals surface area contributed by atoms with Gasteiger partial charge in [0.15, 0.2) is 4.77 Å². The topological polar surface area (TPSA) is 37.8 Å². The maximum Gasteiger partial charge on any atom is 0.446 e. The van der Waals surface area contributed by atoms with E-state index in [0.717, 1.165) is 28.8 Å². The van der Waals surface area contributed by atoms with Crippen molar-refractivity contribution in [2.24, 2.45) is 0 Å². The molecule has 0 saturated carbocycles. The number of benzene rings is 1. The summed E-state index contributed by atoms with van der Waals surface area (Å²) in [5, 5.41) is 0. The van der Waals surface area contributed by atoms with E-state index in [2.05, 4.69) is 0 Å². The number of hydrogen-bond donors (Lipinski definition) is 1. The van der Waals surface area contributed by atoms with Crippen LogP contribution in [-0.4, -0.2) is 15.1 Å². The van der Waals surface area contributed by atoms with E-state index >= 15 is 0 Å². The molecule has 1 heterocycles. The van der Waals surface area contributed by atoms with Gasteiger partial charge in [0.2, 0.25) is 0 Å². The highest BCUT2D eigenvalue weighted by Crippen LogP contribution is 2.36. The van der Waals surface area contributed by atoms with Gasteiger partial charge in [0.25, 0.3) is 5.56 Å². The Labute approximate surface area is 134 Å². The van der Waals surface area contributed by atoms with Crippen molar-refractivity contribution < 1.29 is 26.3 Å². The van der Waals surface area contributed by atoms with Gasteiger partial charge < -0.3 is 4.98 Å². The second kappa shape index (κ2) is 6.04. The summed E-state index contributed by atoms with van der Waals surface area (Å²) in [5.74, 6) is 0. The normalized spacial score (nSPS) is 12.4. The van der Waals surface area contributed by atoms with E-state index in [1.165, 1.54) is 0 Å². The van der Waals surface area contributed by atoms with E-state index in [9.17, 15) is 31.1 Å². The quantitative estimate of drug-likeness (QED) is 0.478. The van der Waals surface area contributed by atoms with Gasteiger partial charge in [-0.3, -0.25) is 9.36 Å². The molecule has 0 amide bonds. The van der Waals surface area contributed by atoms with Crippen LogP contribution in [0.15, 0.2) is 40.0 Å². The molecule has 0 bridgehead atoms. The van der Waals surface area contributed by atoms with Gasteiger partial charge in [0.05, 0.1) is 5.69 Å². The predicted octanol–water partition coefficient (Wildman–Crippen LogP) is 4.53. The maximum atomic E-state index is 12.6. The minimum Gasteiger partial charge on any atom is -0.328 e. The fraction of sp³-hybridized carbons (Fsp3) is 0.167. The first-order valence-corrected chi connectivity index (χ1v) is 6.99. The number of rotatable bonds is 2. The second-order valence-corrected chi connectivity index (χ2v) is 5.73. The average molecular weight is 372 g/mol. The Kier molecular flexibility index (Phi) is 4.62. The Bertz CT molecular complexity index is 788. The molecule has 0 spiro atoms. The highest BCUT2D eigenvalue weighted by Gasteiger charge is 2.32. The van der Waals surface area contributed by atoms with Crippen molar-refractivity contribution in [2.75, 3.05) is 0 Å². The standard InChI is InChI=1S/C12H6F6N2OS2/c13-11(14,15)8-5-9(21)20(10(22)19-8)6-1-3-7(4-2-6)23-12(16,17)18/h1-5H,(H,19,22). The molecule has 23 heavy (non-hydrogen) atoms. The molecule has 2 aromatic rings. The van der Waals surface area contributed by atoms with Crippen molar-refractivity contribution in [2.45, 2.75) is 16.6 Å². The SMILES string of the molecule is O=c1cc(C(F)(F)F)[nH]c(=S)n1-c1ccc(SC(F)(F)F)cc1. The van der Waals surface area contributed by atoms with Crippen molar-refractivity contribution in [1.82, 2.24) is 9.55 Å². The third-order valence-electron chi connectivity index (χ3n) is 2.57. The first-order chi connectivity index (χ1) is 10.5. The van der Waals surface area contributed by atoms with Gasteiger partial charge in [0.1, 0.15) is 5.69 Å². The van der Waals surface area contributed by atoms with E-state index in [1.54, 1.807) is 0 Å². The summed E-state index contributed by atoms with van der Waals surface area (Å²) < 4.78 is 74.6. The highest BCUT2D eigenvalue weighted by molar-refractivity contribution is 8.00. The van der Waals surface area contributed by atoms with Crippen molar-refractivity contribution >= 4 is 24.0 Å². The fourth-order valence-corrected chi connectivity index (χ4v) is 2.53. The number of thioether (sulfide) groups is 1. The zero-order valence-electron chi connectivity index (χ0n) is 10.8. The molecule has 0 aliphatic carbocycles. The van der Waals surface area contributed by atoms with Crippen LogP contribution in [0.1, 0.15) is 5.69 Å². The lowest BCUT2D eigenvalue weighted by Gasteiger charge is -2.11. The molecule has 0 atom stereocenters. The molecule has 0 saturated heterocycles. The monoisotopic (exact) mass is 372 g/mol. The molecular formula is C12H6F6N2OS2. The highest BCUT2D eigenvalue weighted by atomic mass is 32.2. The van der Waals surface area contributed by atoms with Gasteiger partial charge in [-0.15, -0.1) is 0 Å². The molecule has 0 aliphatic heterocycles. The number of aromatic nitrogens is 2. The van der Waals surface area contributed by atoms with Crippen LogP contribution >= 0.6 is 24.0 Å². The summed E-state index contributed by atoms with van der Waals surface area (Å²) in [4.78, 5) is 13.6. The Morgan fingerprint density at radius 1 is 1.04 bits per heavy atom. The second-order valence-electron chi connectivity index (χ2n) is 4.20. The number of nitrogens with one attached hydrogen (secondary N) is 1. The van der Waals surface area contributed by atoms with E-state index in [0.29, 0.717) is 6.07 Å². The molecule has 1 N–H and O–H groups in total. The minimum atomic E-state index is -4.76. The zero-order chi connectivity index (χ0) is 17.4. The van der Waals surface area contributed by atoms with Crippen LogP contribution in [0.2, 0.25) is 0 Å². The lowest BCUT2D eigenvalue weighted by Crippen LogP contribution is -2.23. The first-order valence-electron chi connectivity index (χ1n) is 5.77. The fourth-order valence-electron chi connectivity index (χ4n) is 1.69. The largest absolute Gasteiger partial charge is 0.446 e. The van der Waals surface area contributed by atoms with Crippen LogP contribution in [0.3, 0.4) is 0 Å². The summed E-state index contributed by atoms with van der Waals surface area (Å²) >= 11 is 4.37. The Morgan fingerprint density at radius 3 is 2.04 bits per heavy atom. The molecule has 0 fully saturated rings. The van der Waals surface area contributed by atoms with Gasteiger partial charge in [-0.1, -0.05) is 0 Å². The van der Waals surface area contributed by atoms with E-state index in [-0.39, 0.29) is 22.3 Å². The molecule has 3 nitrogen and oxygen atoms in total. The summed E-state index contributed by atoms with van der Waals surface area (Å²) in [6.07, 6.45) is -4.76. The molecule has 0 aliphatic rings. The molecule has 1 aromatic carbocycles. The van der Waals surface area contributed by atoms with Crippen molar-refractivity contribution in [3.05, 3.63) is 51.2 Å². The third-order valence-corrected chi connectivity index (χ3v) is 3.59. The number of alkyl halides is 6. The summed E-state index contributed by atoms with van der Waals surface area (Å²) in [6, 6.07) is 4.83. The Balaban J connectivity index is 2.44. The minimum absolute atomic E-state index is 0.0523. The molecule has 124 valence electrons. The lowest BCUT2D eigenvalue weighted by atomic mass is 10.3. The van der Waals surface area contributed by atoms with Gasteiger partial charge in [-0.25, -0.2) is 0 Å². The van der Waals surface area contributed by atoms with Crippen LogP contribution in [0.5, 0.6) is 0 Å². The van der Waals surface area contributed by atoms with Crippen molar-refractivity contribution in [3.63, 3.8) is 0 Å². The number of aromatic amines is 1. The lowest BCUT2D eigenvalue weighted by molar-refractivity contribution is -0.141. The van der Waals surface area contributed by atoms with Crippen LogP contribution in [0, 0.1) is 4.77 Å². The Morgan fingerprint density at radius 2 is 1.61 bits per heavy atom. The molecule has 1 aromatic heterocycles. The molecule has 0 unspecified atom stereocenters. The number of nitrogens with zero attached hydrogens (tertiary/aromatic N) is 1. The molecular weight excluding hydrogens is 366 g/mol. The molecule has 11 heteroatoms. The van der Waals surface area contributed by atoms with Gasteiger partial charge in [0, 0.05) is 11.0 Å². The zero-order valence-corrected chi connectivity index (χ0v) is 12.5. The molecule has 0 radical (unpaired) electrons. The first kappa shape index (κ1) is 17.6. The van der Waals surface area contributed by atoms with Crippen LogP contribution < -0.4 is 5.56 Å². The average Bonchev–Trinajstić information content (AvgIpc) is 2.37. The number of hydrogen-bond acceptors (Lipinski definition) is 3. The third kappa shape index (κ3) is 4.38. The summed E-state index contributed by atoms with van der Waals surface area (Å²) in [5.41, 5.74) is -6.76. The van der Waals surface area contributed by atoms with Gasteiger partial charge in [-0.2, -0.15) is 26.3 Å². The van der Waals surface area contributed by atoms with Gasteiger partial charge >= 0.3 is 11.7 Å².